The van der Waals surface area contributed by atoms with E-state index in [9.17, 15) is 12.8 Å². The maximum Gasteiger partial charge on any atom is 0.243 e. The van der Waals surface area contributed by atoms with Crippen molar-refractivity contribution < 1.29 is 17.5 Å². The molecule has 38 heavy (non-hydrogen) atoms. The third-order valence-corrected chi connectivity index (χ3v) is 10.1. The number of ether oxygens (including phenoxy) is 1. The highest BCUT2D eigenvalue weighted by atomic mass is 32.2. The normalized spacial score (nSPS) is 15.1. The lowest BCUT2D eigenvalue weighted by Crippen LogP contribution is -2.43. The molecule has 0 saturated carbocycles. The van der Waals surface area contributed by atoms with Crippen molar-refractivity contribution in [1.82, 2.24) is 18.6 Å². The Bertz CT molecular complexity index is 1500. The van der Waals surface area contributed by atoms with Gasteiger partial charge in [0.15, 0.2) is 4.96 Å². The first-order valence-corrected chi connectivity index (χ1v) is 15.1. The lowest BCUT2D eigenvalue weighted by molar-refractivity contribution is 0.0363. The molecule has 0 atom stereocenters. The molecule has 1 aliphatic heterocycles. The summed E-state index contributed by atoms with van der Waals surface area (Å²) >= 11 is 1.52. The van der Waals surface area contributed by atoms with E-state index in [-0.39, 0.29) is 5.82 Å². The van der Waals surface area contributed by atoms with Gasteiger partial charge in [-0.2, -0.15) is 4.31 Å². The van der Waals surface area contributed by atoms with E-state index in [1.165, 1.54) is 23.5 Å². The number of sulfonamides is 1. The van der Waals surface area contributed by atoms with Crippen LogP contribution in [0.15, 0.2) is 52.9 Å². The number of morpholine rings is 1. The SMILES string of the molecule is Cc1cc(C)c(S(=O)(=O)N(CCc2csc3nc(-c4ccc(F)cc4)cn23)CCN2CCOCC2)c(C)c1. The zero-order valence-electron chi connectivity index (χ0n) is 22.0. The van der Waals surface area contributed by atoms with Crippen LogP contribution in [0.25, 0.3) is 16.2 Å². The number of imidazole rings is 1. The summed E-state index contributed by atoms with van der Waals surface area (Å²) in [5.74, 6) is -0.284. The number of hydrogen-bond acceptors (Lipinski definition) is 6. The first-order valence-electron chi connectivity index (χ1n) is 12.8. The van der Waals surface area contributed by atoms with Crippen LogP contribution in [0, 0.1) is 26.6 Å². The highest BCUT2D eigenvalue weighted by molar-refractivity contribution is 7.89. The first kappa shape index (κ1) is 27.0. The van der Waals surface area contributed by atoms with Crippen LogP contribution >= 0.6 is 11.3 Å². The molecule has 0 bridgehead atoms. The molecule has 0 unspecified atom stereocenters. The van der Waals surface area contributed by atoms with E-state index in [4.69, 9.17) is 9.72 Å². The van der Waals surface area contributed by atoms with Gasteiger partial charge in [0, 0.05) is 62.0 Å². The first-order chi connectivity index (χ1) is 18.2. The molecular formula is C28H33FN4O3S2. The third kappa shape index (κ3) is 5.69. The molecule has 2 aromatic heterocycles. The van der Waals surface area contributed by atoms with E-state index < -0.39 is 10.0 Å². The number of aromatic nitrogens is 2. The van der Waals surface area contributed by atoms with Gasteiger partial charge in [-0.25, -0.2) is 17.8 Å². The van der Waals surface area contributed by atoms with Crippen LogP contribution in [-0.4, -0.2) is 72.9 Å². The predicted octanol–water partition coefficient (Wildman–Crippen LogP) is 4.69. The molecule has 1 fully saturated rings. The summed E-state index contributed by atoms with van der Waals surface area (Å²) in [7, 11) is -3.71. The van der Waals surface area contributed by atoms with Crippen molar-refractivity contribution in [3.05, 3.63) is 76.2 Å². The molecule has 0 amide bonds. The average molecular weight is 557 g/mol. The summed E-state index contributed by atoms with van der Waals surface area (Å²) in [6.07, 6.45) is 2.49. The van der Waals surface area contributed by atoms with Gasteiger partial charge in [0.1, 0.15) is 5.82 Å². The predicted molar refractivity (Wildman–Crippen MR) is 149 cm³/mol. The van der Waals surface area contributed by atoms with E-state index in [0.29, 0.717) is 44.2 Å². The van der Waals surface area contributed by atoms with E-state index in [1.54, 1.807) is 16.4 Å². The number of nitrogens with zero attached hydrogens (tertiary/aromatic N) is 4. The number of hydrogen-bond donors (Lipinski definition) is 0. The summed E-state index contributed by atoms with van der Waals surface area (Å²) in [5.41, 5.74) is 5.20. The molecule has 5 rings (SSSR count). The Kier molecular flexibility index (Phi) is 7.97. The summed E-state index contributed by atoms with van der Waals surface area (Å²) < 4.78 is 50.5. The lowest BCUT2D eigenvalue weighted by Gasteiger charge is -2.30. The molecule has 3 heterocycles. The number of fused-ring (bicyclic) bond motifs is 1. The molecular weight excluding hydrogens is 523 g/mol. The van der Waals surface area contributed by atoms with E-state index in [0.717, 1.165) is 51.7 Å². The highest BCUT2D eigenvalue weighted by Gasteiger charge is 2.29. The number of rotatable bonds is 9. The van der Waals surface area contributed by atoms with Crippen molar-refractivity contribution in [3.8, 4) is 11.3 Å². The van der Waals surface area contributed by atoms with Gasteiger partial charge in [-0.1, -0.05) is 17.7 Å². The molecule has 4 aromatic rings. The fraction of sp³-hybridized carbons (Fsp3) is 0.393. The van der Waals surface area contributed by atoms with E-state index >= 15 is 0 Å². The van der Waals surface area contributed by atoms with Crippen molar-refractivity contribution in [2.45, 2.75) is 32.1 Å². The standard InChI is InChI=1S/C28H33FN4O3S2/c1-20-16-21(2)27(22(3)17-20)38(34,35)32(11-10-31-12-14-36-15-13-31)9-8-25-19-37-28-30-26(18-33(25)28)23-4-6-24(29)7-5-23/h4-7,16-19H,8-15H2,1-3H3. The molecule has 0 N–H and O–H groups in total. The largest absolute Gasteiger partial charge is 0.379 e. The molecule has 202 valence electrons. The monoisotopic (exact) mass is 556 g/mol. The van der Waals surface area contributed by atoms with Crippen LogP contribution in [0.2, 0.25) is 0 Å². The Balaban J connectivity index is 1.40. The van der Waals surface area contributed by atoms with Crippen molar-refractivity contribution in [2.75, 3.05) is 45.9 Å². The second-order valence-corrected chi connectivity index (χ2v) is 12.6. The van der Waals surface area contributed by atoms with Gasteiger partial charge in [-0.15, -0.1) is 11.3 Å². The fourth-order valence-electron chi connectivity index (χ4n) is 5.14. The zero-order chi connectivity index (χ0) is 26.9. The highest BCUT2D eigenvalue weighted by Crippen LogP contribution is 2.27. The lowest BCUT2D eigenvalue weighted by atomic mass is 10.1. The Morgan fingerprint density at radius 1 is 1.05 bits per heavy atom. The zero-order valence-corrected chi connectivity index (χ0v) is 23.6. The smallest absolute Gasteiger partial charge is 0.243 e. The molecule has 1 aliphatic rings. The van der Waals surface area contributed by atoms with Gasteiger partial charge >= 0.3 is 0 Å². The average Bonchev–Trinajstić information content (AvgIpc) is 3.45. The van der Waals surface area contributed by atoms with Crippen molar-refractivity contribution in [2.24, 2.45) is 0 Å². The van der Waals surface area contributed by atoms with Gasteiger partial charge in [-0.3, -0.25) is 9.30 Å². The van der Waals surface area contributed by atoms with Crippen LogP contribution in [0.1, 0.15) is 22.4 Å². The van der Waals surface area contributed by atoms with E-state index in [1.807, 2.05) is 48.9 Å². The minimum Gasteiger partial charge on any atom is -0.379 e. The van der Waals surface area contributed by atoms with Crippen LogP contribution in [0.4, 0.5) is 4.39 Å². The van der Waals surface area contributed by atoms with Crippen LogP contribution < -0.4 is 0 Å². The molecule has 2 aromatic carbocycles. The van der Waals surface area contributed by atoms with Crippen molar-refractivity contribution in [1.29, 1.82) is 0 Å². The van der Waals surface area contributed by atoms with Crippen LogP contribution in [-0.2, 0) is 21.2 Å². The van der Waals surface area contributed by atoms with Gasteiger partial charge in [0.2, 0.25) is 10.0 Å². The quantitative estimate of drug-likeness (QED) is 0.299. The Morgan fingerprint density at radius 3 is 2.42 bits per heavy atom. The summed E-state index contributed by atoms with van der Waals surface area (Å²) in [6.45, 7) is 10.1. The minimum atomic E-state index is -3.71. The number of aryl methyl sites for hydroxylation is 3. The number of thiazole rings is 1. The molecule has 0 spiro atoms. The number of benzene rings is 2. The summed E-state index contributed by atoms with van der Waals surface area (Å²) in [5, 5.41) is 2.03. The van der Waals surface area contributed by atoms with Gasteiger partial charge in [0.05, 0.1) is 23.8 Å². The molecule has 1 saturated heterocycles. The Hall–Kier alpha value is -2.63. The minimum absolute atomic E-state index is 0.284. The molecule has 7 nitrogen and oxygen atoms in total. The van der Waals surface area contributed by atoms with E-state index in [2.05, 4.69) is 4.90 Å². The topological polar surface area (TPSA) is 67.2 Å². The van der Waals surface area contributed by atoms with Gasteiger partial charge < -0.3 is 4.74 Å². The van der Waals surface area contributed by atoms with Gasteiger partial charge in [0.25, 0.3) is 0 Å². The summed E-state index contributed by atoms with van der Waals surface area (Å²) in [6, 6.07) is 10.2. The second-order valence-electron chi connectivity index (χ2n) is 9.85. The molecule has 0 radical (unpaired) electrons. The Labute approximate surface area is 227 Å². The maximum absolute atomic E-state index is 14.0. The van der Waals surface area contributed by atoms with Crippen LogP contribution in [0.3, 0.4) is 0 Å². The molecule has 0 aliphatic carbocycles. The molecule has 10 heteroatoms. The van der Waals surface area contributed by atoms with Crippen LogP contribution in [0.5, 0.6) is 0 Å². The second kappa shape index (κ2) is 11.2. The van der Waals surface area contributed by atoms with Gasteiger partial charge in [-0.05, 0) is 56.2 Å². The third-order valence-electron chi connectivity index (χ3n) is 7.01. The maximum atomic E-state index is 14.0. The Morgan fingerprint density at radius 2 is 1.74 bits per heavy atom. The fourth-order valence-corrected chi connectivity index (χ4v) is 7.89. The number of halogens is 1. The summed E-state index contributed by atoms with van der Waals surface area (Å²) in [4.78, 5) is 8.18. The van der Waals surface area contributed by atoms with Crippen molar-refractivity contribution in [3.63, 3.8) is 0 Å². The van der Waals surface area contributed by atoms with Crippen molar-refractivity contribution >= 4 is 26.3 Å².